The summed E-state index contributed by atoms with van der Waals surface area (Å²) < 4.78 is 13.7. The molecule has 0 spiro atoms. The summed E-state index contributed by atoms with van der Waals surface area (Å²) in [6.45, 7) is 5.81. The van der Waals surface area contributed by atoms with Crippen LogP contribution in [0.15, 0.2) is 78.9 Å². The van der Waals surface area contributed by atoms with E-state index < -0.39 is 0 Å². The molecular weight excluding hydrogens is 403 g/mol. The van der Waals surface area contributed by atoms with Crippen LogP contribution in [0.5, 0.6) is 0 Å². The van der Waals surface area contributed by atoms with Crippen molar-refractivity contribution in [1.29, 1.82) is 0 Å². The number of hydrogen-bond acceptors (Lipinski definition) is 2. The summed E-state index contributed by atoms with van der Waals surface area (Å²) in [5.41, 5.74) is 2.91. The zero-order valence-corrected chi connectivity index (χ0v) is 18.5. The summed E-state index contributed by atoms with van der Waals surface area (Å²) >= 11 is 0. The van der Waals surface area contributed by atoms with Crippen LogP contribution in [0.1, 0.15) is 49.2 Å². The van der Waals surface area contributed by atoms with Crippen molar-refractivity contribution in [3.63, 3.8) is 0 Å². The minimum atomic E-state index is -0.355. The first-order valence-electron chi connectivity index (χ1n) is 10.9. The van der Waals surface area contributed by atoms with Gasteiger partial charge in [0.25, 0.3) is 5.91 Å². The van der Waals surface area contributed by atoms with Gasteiger partial charge in [-0.05, 0) is 61.4 Å². The van der Waals surface area contributed by atoms with Crippen molar-refractivity contribution in [2.45, 2.75) is 39.3 Å². The molecule has 2 unspecified atom stereocenters. The molecule has 3 aromatic carbocycles. The molecule has 0 fully saturated rings. The highest BCUT2D eigenvalue weighted by molar-refractivity contribution is 6.07. The Kier molecular flexibility index (Phi) is 6.08. The van der Waals surface area contributed by atoms with E-state index in [1.807, 2.05) is 68.1 Å². The Morgan fingerprint density at radius 3 is 2.22 bits per heavy atom. The standard InChI is InChI=1S/C27H27FN2O2/c1-18(2)26(31)29-19(3)17-25(23-11-7-8-12-24(23)29)30(22-15-13-21(28)14-16-22)27(32)20-9-5-4-6-10-20/h4-16,18-19,25H,17H2,1-3H3. The topological polar surface area (TPSA) is 40.6 Å². The van der Waals surface area contributed by atoms with Crippen LogP contribution in [0.2, 0.25) is 0 Å². The molecule has 32 heavy (non-hydrogen) atoms. The van der Waals surface area contributed by atoms with Crippen molar-refractivity contribution < 1.29 is 14.0 Å². The fourth-order valence-electron chi connectivity index (χ4n) is 4.40. The highest BCUT2D eigenvalue weighted by Crippen LogP contribution is 2.43. The summed E-state index contributed by atoms with van der Waals surface area (Å²) in [6.07, 6.45) is 0.575. The number of hydrogen-bond donors (Lipinski definition) is 0. The molecule has 2 amide bonds. The van der Waals surface area contributed by atoms with Crippen molar-refractivity contribution in [3.05, 3.63) is 95.8 Å². The van der Waals surface area contributed by atoms with Crippen LogP contribution in [-0.2, 0) is 4.79 Å². The number of nitrogens with zero attached hydrogens (tertiary/aromatic N) is 2. The normalized spacial score (nSPS) is 17.7. The van der Waals surface area contributed by atoms with E-state index in [2.05, 4.69) is 0 Å². The Bertz CT molecular complexity index is 1110. The predicted molar refractivity (Wildman–Crippen MR) is 125 cm³/mol. The van der Waals surface area contributed by atoms with Crippen molar-refractivity contribution in [1.82, 2.24) is 0 Å². The first-order valence-corrected chi connectivity index (χ1v) is 10.9. The van der Waals surface area contributed by atoms with Crippen LogP contribution < -0.4 is 9.80 Å². The molecule has 0 saturated carbocycles. The molecule has 1 aliphatic rings. The molecule has 3 aromatic rings. The first-order chi connectivity index (χ1) is 15.4. The maximum atomic E-state index is 13.7. The monoisotopic (exact) mass is 430 g/mol. The van der Waals surface area contributed by atoms with Crippen LogP contribution in [-0.4, -0.2) is 17.9 Å². The molecule has 0 radical (unpaired) electrons. The lowest BCUT2D eigenvalue weighted by Crippen LogP contribution is -2.49. The minimum absolute atomic E-state index is 0.0612. The Labute approximate surface area is 188 Å². The second-order valence-electron chi connectivity index (χ2n) is 8.54. The predicted octanol–water partition coefficient (Wildman–Crippen LogP) is 6.00. The highest BCUT2D eigenvalue weighted by Gasteiger charge is 2.39. The van der Waals surface area contributed by atoms with Crippen LogP contribution in [0.25, 0.3) is 0 Å². The molecule has 0 aromatic heterocycles. The molecule has 1 aliphatic heterocycles. The summed E-state index contributed by atoms with van der Waals surface area (Å²) in [5.74, 6) is -0.591. The molecule has 0 aliphatic carbocycles. The maximum Gasteiger partial charge on any atom is 0.258 e. The van der Waals surface area contributed by atoms with Crippen molar-refractivity contribution in [2.75, 3.05) is 9.80 Å². The summed E-state index contributed by atoms with van der Waals surface area (Å²) in [5, 5.41) is 0. The maximum absolute atomic E-state index is 13.7. The Morgan fingerprint density at radius 2 is 1.56 bits per heavy atom. The van der Waals surface area contributed by atoms with Gasteiger partial charge in [0.15, 0.2) is 0 Å². The zero-order valence-electron chi connectivity index (χ0n) is 18.5. The fourth-order valence-corrected chi connectivity index (χ4v) is 4.40. The SMILES string of the molecule is CC(C)C(=O)N1c2ccccc2C(N(C(=O)c2ccccc2)c2ccc(F)cc2)CC1C. The Balaban J connectivity index is 1.85. The number of para-hydroxylation sites is 1. The molecule has 4 nitrogen and oxygen atoms in total. The lowest BCUT2D eigenvalue weighted by molar-refractivity contribution is -0.122. The van der Waals surface area contributed by atoms with E-state index in [0.29, 0.717) is 17.7 Å². The van der Waals surface area contributed by atoms with E-state index in [1.54, 1.807) is 29.2 Å². The molecule has 0 saturated heterocycles. The lowest BCUT2D eigenvalue weighted by atomic mass is 9.88. The van der Waals surface area contributed by atoms with E-state index >= 15 is 0 Å². The Hall–Kier alpha value is -3.47. The van der Waals surface area contributed by atoms with Crippen molar-refractivity contribution in [3.8, 4) is 0 Å². The van der Waals surface area contributed by atoms with Gasteiger partial charge in [-0.3, -0.25) is 9.59 Å². The molecule has 0 N–H and O–H groups in total. The number of benzene rings is 3. The van der Waals surface area contributed by atoms with Crippen LogP contribution >= 0.6 is 0 Å². The minimum Gasteiger partial charge on any atom is -0.309 e. The van der Waals surface area contributed by atoms with Crippen LogP contribution in [0.4, 0.5) is 15.8 Å². The lowest BCUT2D eigenvalue weighted by Gasteiger charge is -2.44. The second kappa shape index (κ2) is 8.95. The van der Waals surface area contributed by atoms with E-state index in [9.17, 15) is 14.0 Å². The van der Waals surface area contributed by atoms with Gasteiger partial charge in [-0.25, -0.2) is 4.39 Å². The number of rotatable bonds is 4. The molecule has 5 heteroatoms. The number of anilines is 2. The van der Waals surface area contributed by atoms with Gasteiger partial charge in [-0.1, -0.05) is 50.2 Å². The van der Waals surface area contributed by atoms with E-state index in [0.717, 1.165) is 11.3 Å². The molecule has 1 heterocycles. The van der Waals surface area contributed by atoms with Gasteiger partial charge in [0.1, 0.15) is 5.82 Å². The third kappa shape index (κ3) is 4.03. The van der Waals surface area contributed by atoms with Gasteiger partial charge in [0.05, 0.1) is 6.04 Å². The summed E-state index contributed by atoms with van der Waals surface area (Å²) in [6, 6.07) is 22.5. The average Bonchev–Trinajstić information content (AvgIpc) is 2.80. The number of amides is 2. The number of carbonyl (C=O) groups is 2. The van der Waals surface area contributed by atoms with Gasteiger partial charge in [-0.2, -0.15) is 0 Å². The van der Waals surface area contributed by atoms with Gasteiger partial charge in [0.2, 0.25) is 5.91 Å². The molecule has 2 atom stereocenters. The molecular formula is C27H27FN2O2. The third-order valence-electron chi connectivity index (χ3n) is 5.95. The average molecular weight is 431 g/mol. The van der Waals surface area contributed by atoms with Gasteiger partial charge in [-0.15, -0.1) is 0 Å². The van der Waals surface area contributed by atoms with Crippen LogP contribution in [0.3, 0.4) is 0 Å². The largest absolute Gasteiger partial charge is 0.309 e. The zero-order chi connectivity index (χ0) is 22.8. The molecule has 164 valence electrons. The Morgan fingerprint density at radius 1 is 0.938 bits per heavy atom. The number of halogens is 1. The first kappa shape index (κ1) is 21.8. The molecule has 0 bridgehead atoms. The fraction of sp³-hybridized carbons (Fsp3) is 0.259. The summed E-state index contributed by atoms with van der Waals surface area (Å²) in [4.78, 5) is 30.3. The van der Waals surface area contributed by atoms with Gasteiger partial charge >= 0.3 is 0 Å². The summed E-state index contributed by atoms with van der Waals surface area (Å²) in [7, 11) is 0. The highest BCUT2D eigenvalue weighted by atomic mass is 19.1. The van der Waals surface area contributed by atoms with E-state index in [1.165, 1.54) is 12.1 Å². The van der Waals surface area contributed by atoms with E-state index in [4.69, 9.17) is 0 Å². The van der Waals surface area contributed by atoms with Crippen molar-refractivity contribution in [2.24, 2.45) is 5.92 Å². The van der Waals surface area contributed by atoms with Crippen molar-refractivity contribution >= 4 is 23.2 Å². The van der Waals surface area contributed by atoms with Gasteiger partial charge in [0, 0.05) is 28.9 Å². The molecule has 4 rings (SSSR count). The third-order valence-corrected chi connectivity index (χ3v) is 5.95. The smallest absolute Gasteiger partial charge is 0.258 e. The quantitative estimate of drug-likeness (QED) is 0.510. The second-order valence-corrected chi connectivity index (χ2v) is 8.54. The number of carbonyl (C=O) groups excluding carboxylic acids is 2. The van der Waals surface area contributed by atoms with Crippen LogP contribution in [0, 0.1) is 11.7 Å². The van der Waals surface area contributed by atoms with Gasteiger partial charge < -0.3 is 9.80 Å². The number of fused-ring (bicyclic) bond motifs is 1. The van der Waals surface area contributed by atoms with E-state index in [-0.39, 0.29) is 35.6 Å².